The van der Waals surface area contributed by atoms with Crippen molar-refractivity contribution in [1.29, 1.82) is 0 Å². The molecular formula is C19H25N3O2. The van der Waals surface area contributed by atoms with Gasteiger partial charge in [0.15, 0.2) is 0 Å². The molecule has 128 valence electrons. The second-order valence-electron chi connectivity index (χ2n) is 6.82. The first-order valence-corrected chi connectivity index (χ1v) is 8.58. The van der Waals surface area contributed by atoms with Gasteiger partial charge in [0.25, 0.3) is 5.91 Å². The van der Waals surface area contributed by atoms with E-state index in [0.717, 1.165) is 36.2 Å². The Morgan fingerprint density at radius 3 is 2.62 bits per heavy atom. The Balaban J connectivity index is 2.06. The molecule has 0 radical (unpaired) electrons. The highest BCUT2D eigenvalue weighted by molar-refractivity contribution is 6.05. The normalized spacial score (nSPS) is 13.9. The number of hydrogen-bond acceptors (Lipinski definition) is 2. The van der Waals surface area contributed by atoms with Crippen molar-refractivity contribution in [2.75, 3.05) is 11.9 Å². The number of carbonyl (C=O) groups is 1. The summed E-state index contributed by atoms with van der Waals surface area (Å²) in [6, 6.07) is 7.96. The lowest BCUT2D eigenvalue weighted by molar-refractivity contribution is 0.0983. The number of aromatic nitrogens is 2. The molecule has 2 heterocycles. The molecule has 1 aromatic carbocycles. The minimum absolute atomic E-state index is 0.0846. The van der Waals surface area contributed by atoms with Crippen molar-refractivity contribution in [2.24, 2.45) is 7.05 Å². The molecule has 3 rings (SSSR count). The molecule has 24 heavy (non-hydrogen) atoms. The Bertz CT molecular complexity index is 830. The van der Waals surface area contributed by atoms with Crippen molar-refractivity contribution in [3.05, 3.63) is 51.7 Å². The van der Waals surface area contributed by atoms with E-state index in [1.165, 1.54) is 4.57 Å². The maximum atomic E-state index is 13.2. The summed E-state index contributed by atoms with van der Waals surface area (Å²) in [6.45, 7) is 4.95. The quantitative estimate of drug-likeness (QED) is 0.870. The summed E-state index contributed by atoms with van der Waals surface area (Å²) in [5, 5.41) is 0. The van der Waals surface area contributed by atoms with Crippen LogP contribution in [0.5, 0.6) is 0 Å². The number of imidazole rings is 1. The van der Waals surface area contributed by atoms with Crippen LogP contribution in [-0.4, -0.2) is 22.1 Å². The molecule has 0 fully saturated rings. The van der Waals surface area contributed by atoms with Crippen molar-refractivity contribution in [2.45, 2.75) is 45.6 Å². The molecule has 0 saturated heterocycles. The van der Waals surface area contributed by atoms with Gasteiger partial charge < -0.3 is 4.90 Å². The van der Waals surface area contributed by atoms with Crippen molar-refractivity contribution >= 4 is 11.6 Å². The van der Waals surface area contributed by atoms with E-state index in [2.05, 4.69) is 19.9 Å². The van der Waals surface area contributed by atoms with Gasteiger partial charge in [-0.05, 0) is 36.8 Å². The van der Waals surface area contributed by atoms with Gasteiger partial charge in [0, 0.05) is 26.3 Å². The smallest absolute Gasteiger partial charge is 0.310 e. The van der Waals surface area contributed by atoms with Gasteiger partial charge in [-0.25, -0.2) is 4.79 Å². The molecule has 0 spiro atoms. The van der Waals surface area contributed by atoms with Crippen LogP contribution in [0.1, 0.15) is 54.4 Å². The fourth-order valence-corrected chi connectivity index (χ4v) is 3.58. The second kappa shape index (κ2) is 6.30. The van der Waals surface area contributed by atoms with Crippen LogP contribution < -0.4 is 10.6 Å². The average molecular weight is 327 g/mol. The minimum atomic E-state index is -0.113. The molecule has 0 bridgehead atoms. The Morgan fingerprint density at radius 2 is 1.92 bits per heavy atom. The average Bonchev–Trinajstić information content (AvgIpc) is 2.85. The lowest BCUT2D eigenvalue weighted by Gasteiger charge is -2.23. The van der Waals surface area contributed by atoms with Crippen LogP contribution in [-0.2, 0) is 20.0 Å². The van der Waals surface area contributed by atoms with Crippen LogP contribution in [0.25, 0.3) is 0 Å². The highest BCUT2D eigenvalue weighted by Gasteiger charge is 2.28. The van der Waals surface area contributed by atoms with Gasteiger partial charge >= 0.3 is 5.69 Å². The second-order valence-corrected chi connectivity index (χ2v) is 6.82. The van der Waals surface area contributed by atoms with Crippen LogP contribution in [0.2, 0.25) is 0 Å². The Kier molecular flexibility index (Phi) is 4.35. The summed E-state index contributed by atoms with van der Waals surface area (Å²) >= 11 is 0. The molecule has 2 aromatic rings. The molecule has 0 N–H and O–H groups in total. The monoisotopic (exact) mass is 327 g/mol. The zero-order valence-corrected chi connectivity index (χ0v) is 14.9. The van der Waals surface area contributed by atoms with E-state index in [-0.39, 0.29) is 11.6 Å². The molecule has 5 nitrogen and oxygen atoms in total. The topological polar surface area (TPSA) is 47.2 Å². The fraction of sp³-hybridized carbons (Fsp3) is 0.474. The van der Waals surface area contributed by atoms with E-state index >= 15 is 0 Å². The lowest BCUT2D eigenvalue weighted by Crippen LogP contribution is -2.31. The predicted molar refractivity (Wildman–Crippen MR) is 95.9 cm³/mol. The molecule has 1 aromatic heterocycles. The van der Waals surface area contributed by atoms with E-state index in [1.54, 1.807) is 23.6 Å². The minimum Gasteiger partial charge on any atom is -0.310 e. The summed E-state index contributed by atoms with van der Waals surface area (Å²) in [4.78, 5) is 27.3. The number of rotatable bonds is 3. The van der Waals surface area contributed by atoms with Crippen LogP contribution in [0, 0.1) is 0 Å². The molecule has 5 heteroatoms. The molecule has 0 atom stereocenters. The summed E-state index contributed by atoms with van der Waals surface area (Å²) < 4.78 is 3.27. The van der Waals surface area contributed by atoms with Gasteiger partial charge in [0.1, 0.15) is 5.69 Å². The zero-order chi connectivity index (χ0) is 17.4. The molecule has 0 aliphatic carbocycles. The number of nitrogens with zero attached hydrogens (tertiary/aromatic N) is 3. The van der Waals surface area contributed by atoms with Gasteiger partial charge in [0.05, 0.1) is 5.69 Å². The van der Waals surface area contributed by atoms with Crippen LogP contribution in [0.3, 0.4) is 0 Å². The first-order valence-electron chi connectivity index (χ1n) is 8.58. The van der Waals surface area contributed by atoms with Crippen molar-refractivity contribution in [3.8, 4) is 0 Å². The van der Waals surface area contributed by atoms with Crippen LogP contribution >= 0.6 is 0 Å². The first kappa shape index (κ1) is 16.6. The third kappa shape index (κ3) is 2.58. The number of benzene rings is 1. The Morgan fingerprint density at radius 1 is 1.21 bits per heavy atom. The van der Waals surface area contributed by atoms with Crippen molar-refractivity contribution in [1.82, 2.24) is 9.13 Å². The summed E-state index contributed by atoms with van der Waals surface area (Å²) in [5.41, 5.74) is 3.36. The SMILES string of the molecule is CC(C)c1ccccc1N(C)C(=O)c1c2n(c(=O)n1C)CCCC2. The van der Waals surface area contributed by atoms with Gasteiger partial charge in [-0.1, -0.05) is 32.0 Å². The zero-order valence-electron chi connectivity index (χ0n) is 14.9. The molecule has 1 aliphatic rings. The van der Waals surface area contributed by atoms with E-state index in [0.29, 0.717) is 18.2 Å². The lowest BCUT2D eigenvalue weighted by atomic mass is 10.00. The highest BCUT2D eigenvalue weighted by Crippen LogP contribution is 2.28. The number of anilines is 1. The van der Waals surface area contributed by atoms with E-state index in [1.807, 2.05) is 18.2 Å². The molecule has 1 aliphatic heterocycles. The third-order valence-electron chi connectivity index (χ3n) is 4.93. The fourth-order valence-electron chi connectivity index (χ4n) is 3.58. The van der Waals surface area contributed by atoms with Crippen molar-refractivity contribution in [3.63, 3.8) is 0 Å². The van der Waals surface area contributed by atoms with Crippen LogP contribution in [0.4, 0.5) is 5.69 Å². The first-order chi connectivity index (χ1) is 11.4. The molecule has 0 saturated carbocycles. The van der Waals surface area contributed by atoms with Gasteiger partial charge in [0.2, 0.25) is 0 Å². The third-order valence-corrected chi connectivity index (χ3v) is 4.93. The maximum Gasteiger partial charge on any atom is 0.328 e. The number of amides is 1. The van der Waals surface area contributed by atoms with Gasteiger partial charge in [-0.2, -0.15) is 0 Å². The van der Waals surface area contributed by atoms with Gasteiger partial charge in [-0.3, -0.25) is 13.9 Å². The number of hydrogen-bond donors (Lipinski definition) is 0. The highest BCUT2D eigenvalue weighted by atomic mass is 16.2. The Labute approximate surface area is 142 Å². The van der Waals surface area contributed by atoms with Crippen LogP contribution in [0.15, 0.2) is 29.1 Å². The van der Waals surface area contributed by atoms with E-state index < -0.39 is 0 Å². The van der Waals surface area contributed by atoms with E-state index in [4.69, 9.17) is 0 Å². The maximum absolute atomic E-state index is 13.2. The summed E-state index contributed by atoms with van der Waals surface area (Å²) in [7, 11) is 3.49. The largest absolute Gasteiger partial charge is 0.328 e. The molecule has 1 amide bonds. The summed E-state index contributed by atoms with van der Waals surface area (Å²) in [6.07, 6.45) is 2.81. The molecule has 0 unspecified atom stereocenters. The Hall–Kier alpha value is -2.30. The molecular weight excluding hydrogens is 302 g/mol. The number of fused-ring (bicyclic) bond motifs is 1. The van der Waals surface area contributed by atoms with Gasteiger partial charge in [-0.15, -0.1) is 0 Å². The summed E-state index contributed by atoms with van der Waals surface area (Å²) in [5.74, 6) is 0.210. The number of para-hydroxylation sites is 1. The van der Waals surface area contributed by atoms with E-state index in [9.17, 15) is 9.59 Å². The predicted octanol–water partition coefficient (Wildman–Crippen LogP) is 2.92. The number of carbonyl (C=O) groups excluding carboxylic acids is 1. The van der Waals surface area contributed by atoms with Crippen molar-refractivity contribution < 1.29 is 4.79 Å². The standard InChI is InChI=1S/C19H25N3O2/c1-13(2)14-9-5-6-10-15(14)20(3)18(23)17-16-11-7-8-12-22(16)19(24)21(17)4/h5-6,9-10,13H,7-8,11-12H2,1-4H3.